The van der Waals surface area contributed by atoms with Crippen LogP contribution in [0.1, 0.15) is 16.8 Å². The maximum atomic E-state index is 12.4. The number of anilines is 1. The standard InChI is InChI=1S/C14H16N4OS/c19-13(12-2-4-15-5-3-12)17-7-1-8-18(10-9-17)14-16-6-11-20-14/h2-6,11H,1,7-10H2. The Morgan fingerprint density at radius 3 is 2.70 bits per heavy atom. The van der Waals surface area contributed by atoms with Gasteiger partial charge in [0.1, 0.15) is 0 Å². The van der Waals surface area contributed by atoms with Crippen molar-refractivity contribution in [2.45, 2.75) is 6.42 Å². The predicted molar refractivity (Wildman–Crippen MR) is 79.1 cm³/mol. The van der Waals surface area contributed by atoms with Gasteiger partial charge in [0.15, 0.2) is 5.13 Å². The molecule has 0 atom stereocenters. The van der Waals surface area contributed by atoms with E-state index in [-0.39, 0.29) is 5.91 Å². The average molecular weight is 288 g/mol. The fourth-order valence-corrected chi connectivity index (χ4v) is 3.06. The molecule has 0 unspecified atom stereocenters. The van der Waals surface area contributed by atoms with Crippen LogP contribution in [0, 0.1) is 0 Å². The van der Waals surface area contributed by atoms with Crippen LogP contribution in [0.4, 0.5) is 5.13 Å². The summed E-state index contributed by atoms with van der Waals surface area (Å²) in [5.41, 5.74) is 0.711. The van der Waals surface area contributed by atoms with Crippen LogP contribution >= 0.6 is 11.3 Å². The van der Waals surface area contributed by atoms with Crippen LogP contribution in [0.2, 0.25) is 0 Å². The molecule has 0 aliphatic carbocycles. The van der Waals surface area contributed by atoms with Crippen molar-refractivity contribution >= 4 is 22.4 Å². The molecule has 6 heteroatoms. The van der Waals surface area contributed by atoms with Crippen LogP contribution in [-0.4, -0.2) is 47.0 Å². The smallest absolute Gasteiger partial charge is 0.254 e. The highest BCUT2D eigenvalue weighted by Gasteiger charge is 2.21. The van der Waals surface area contributed by atoms with Gasteiger partial charge in [-0.1, -0.05) is 0 Å². The van der Waals surface area contributed by atoms with E-state index in [4.69, 9.17) is 0 Å². The number of aromatic nitrogens is 2. The minimum atomic E-state index is 0.0911. The molecule has 104 valence electrons. The molecule has 3 heterocycles. The number of rotatable bonds is 2. The van der Waals surface area contributed by atoms with Gasteiger partial charge in [-0.3, -0.25) is 9.78 Å². The summed E-state index contributed by atoms with van der Waals surface area (Å²) >= 11 is 1.65. The van der Waals surface area contributed by atoms with Crippen LogP contribution in [-0.2, 0) is 0 Å². The molecule has 0 radical (unpaired) electrons. The molecule has 2 aromatic heterocycles. The van der Waals surface area contributed by atoms with E-state index < -0.39 is 0 Å². The zero-order chi connectivity index (χ0) is 13.8. The van der Waals surface area contributed by atoms with Gasteiger partial charge in [0.2, 0.25) is 0 Å². The van der Waals surface area contributed by atoms with Crippen LogP contribution in [0.5, 0.6) is 0 Å². The molecule has 3 rings (SSSR count). The first-order valence-corrected chi connectivity index (χ1v) is 7.56. The lowest BCUT2D eigenvalue weighted by Crippen LogP contribution is -2.35. The summed E-state index contributed by atoms with van der Waals surface area (Å²) in [6.45, 7) is 3.32. The SMILES string of the molecule is O=C(c1ccncc1)N1CCCN(c2nccs2)CC1. The Hall–Kier alpha value is -1.95. The number of carbonyl (C=O) groups excluding carboxylic acids is 1. The van der Waals surface area contributed by atoms with Gasteiger partial charge in [0.05, 0.1) is 0 Å². The summed E-state index contributed by atoms with van der Waals surface area (Å²) < 4.78 is 0. The van der Waals surface area contributed by atoms with Gasteiger partial charge in [-0.2, -0.15) is 0 Å². The molecule has 0 aromatic carbocycles. The van der Waals surface area contributed by atoms with Gasteiger partial charge in [0, 0.05) is 55.7 Å². The second kappa shape index (κ2) is 6.00. The highest BCUT2D eigenvalue weighted by atomic mass is 32.1. The first-order chi connectivity index (χ1) is 9.84. The Morgan fingerprint density at radius 1 is 1.10 bits per heavy atom. The molecule has 0 spiro atoms. The molecule has 1 saturated heterocycles. The number of hydrogen-bond donors (Lipinski definition) is 0. The molecule has 5 nitrogen and oxygen atoms in total. The Kier molecular flexibility index (Phi) is 3.92. The van der Waals surface area contributed by atoms with Crippen molar-refractivity contribution in [1.29, 1.82) is 0 Å². The zero-order valence-corrected chi connectivity index (χ0v) is 11.9. The maximum Gasteiger partial charge on any atom is 0.254 e. The van der Waals surface area contributed by atoms with Crippen molar-refractivity contribution in [3.05, 3.63) is 41.7 Å². The van der Waals surface area contributed by atoms with Crippen LogP contribution in [0.3, 0.4) is 0 Å². The minimum Gasteiger partial charge on any atom is -0.346 e. The lowest BCUT2D eigenvalue weighted by molar-refractivity contribution is 0.0767. The molecule has 1 fully saturated rings. The van der Waals surface area contributed by atoms with E-state index in [1.807, 2.05) is 16.5 Å². The van der Waals surface area contributed by atoms with E-state index in [9.17, 15) is 4.79 Å². The van der Waals surface area contributed by atoms with Crippen LogP contribution in [0.15, 0.2) is 36.1 Å². The summed E-state index contributed by atoms with van der Waals surface area (Å²) in [5, 5.41) is 3.03. The molecule has 0 N–H and O–H groups in total. The third-order valence-electron chi connectivity index (χ3n) is 3.40. The number of carbonyl (C=O) groups is 1. The highest BCUT2D eigenvalue weighted by Crippen LogP contribution is 2.19. The molecule has 2 aromatic rings. The lowest BCUT2D eigenvalue weighted by Gasteiger charge is -2.21. The summed E-state index contributed by atoms with van der Waals surface area (Å²) in [5.74, 6) is 0.0911. The van der Waals surface area contributed by atoms with Gasteiger partial charge in [-0.15, -0.1) is 11.3 Å². The zero-order valence-electron chi connectivity index (χ0n) is 11.1. The third-order valence-corrected chi connectivity index (χ3v) is 4.23. The number of nitrogens with zero attached hydrogens (tertiary/aromatic N) is 4. The summed E-state index contributed by atoms with van der Waals surface area (Å²) in [6, 6.07) is 3.54. The quantitative estimate of drug-likeness (QED) is 0.847. The molecule has 20 heavy (non-hydrogen) atoms. The molecular weight excluding hydrogens is 272 g/mol. The minimum absolute atomic E-state index is 0.0911. The topological polar surface area (TPSA) is 49.3 Å². The first kappa shape index (κ1) is 13.1. The highest BCUT2D eigenvalue weighted by molar-refractivity contribution is 7.13. The van der Waals surface area contributed by atoms with Gasteiger partial charge >= 0.3 is 0 Å². The largest absolute Gasteiger partial charge is 0.346 e. The Labute approximate surface area is 121 Å². The average Bonchev–Trinajstić information content (AvgIpc) is 2.92. The fourth-order valence-electron chi connectivity index (χ4n) is 2.36. The normalized spacial score (nSPS) is 16.0. The van der Waals surface area contributed by atoms with E-state index in [0.29, 0.717) is 5.56 Å². The fraction of sp³-hybridized carbons (Fsp3) is 0.357. The summed E-state index contributed by atoms with van der Waals surface area (Å²) in [7, 11) is 0. The van der Waals surface area contributed by atoms with Crippen LogP contribution < -0.4 is 4.90 Å². The number of hydrogen-bond acceptors (Lipinski definition) is 5. The van der Waals surface area contributed by atoms with Gasteiger partial charge in [-0.25, -0.2) is 4.98 Å². The molecule has 0 bridgehead atoms. The second-order valence-corrected chi connectivity index (χ2v) is 5.56. The van der Waals surface area contributed by atoms with Crippen LogP contribution in [0.25, 0.3) is 0 Å². The van der Waals surface area contributed by atoms with E-state index in [1.54, 1.807) is 35.9 Å². The third kappa shape index (κ3) is 2.80. The summed E-state index contributed by atoms with van der Waals surface area (Å²) in [6.07, 6.45) is 6.11. The molecule has 1 aliphatic rings. The van der Waals surface area contributed by atoms with E-state index in [0.717, 1.165) is 37.7 Å². The van der Waals surface area contributed by atoms with Crippen molar-refractivity contribution < 1.29 is 4.79 Å². The number of pyridine rings is 1. The Bertz CT molecular complexity index is 558. The van der Waals surface area contributed by atoms with E-state index in [1.165, 1.54) is 0 Å². The van der Waals surface area contributed by atoms with Gasteiger partial charge < -0.3 is 9.80 Å². The lowest BCUT2D eigenvalue weighted by atomic mass is 10.2. The van der Waals surface area contributed by atoms with Crippen molar-refractivity contribution in [3.8, 4) is 0 Å². The van der Waals surface area contributed by atoms with Crippen molar-refractivity contribution in [2.75, 3.05) is 31.1 Å². The predicted octanol–water partition coefficient (Wildman–Crippen LogP) is 1.89. The summed E-state index contributed by atoms with van der Waals surface area (Å²) in [4.78, 5) is 24.9. The first-order valence-electron chi connectivity index (χ1n) is 6.68. The van der Waals surface area contributed by atoms with Gasteiger partial charge in [-0.05, 0) is 18.6 Å². The van der Waals surface area contributed by atoms with Gasteiger partial charge in [0.25, 0.3) is 5.91 Å². The molecule has 1 amide bonds. The second-order valence-electron chi connectivity index (χ2n) is 4.68. The number of thiazole rings is 1. The molecular formula is C14H16N4OS. The monoisotopic (exact) mass is 288 g/mol. The van der Waals surface area contributed by atoms with Crippen molar-refractivity contribution in [3.63, 3.8) is 0 Å². The Morgan fingerprint density at radius 2 is 1.95 bits per heavy atom. The van der Waals surface area contributed by atoms with E-state index >= 15 is 0 Å². The van der Waals surface area contributed by atoms with E-state index in [2.05, 4.69) is 14.9 Å². The maximum absolute atomic E-state index is 12.4. The molecule has 0 saturated carbocycles. The molecule has 1 aliphatic heterocycles. The number of amides is 1. The van der Waals surface area contributed by atoms with Crippen molar-refractivity contribution in [2.24, 2.45) is 0 Å². The Balaban J connectivity index is 1.67. The van der Waals surface area contributed by atoms with Crippen molar-refractivity contribution in [1.82, 2.24) is 14.9 Å².